The van der Waals surface area contributed by atoms with Gasteiger partial charge < -0.3 is 14.8 Å². The van der Waals surface area contributed by atoms with Gasteiger partial charge in [0.2, 0.25) is 0 Å². The van der Waals surface area contributed by atoms with Crippen molar-refractivity contribution in [1.82, 2.24) is 15.5 Å². The van der Waals surface area contributed by atoms with Gasteiger partial charge in [-0.15, -0.1) is 0 Å². The van der Waals surface area contributed by atoms with E-state index >= 15 is 0 Å². The van der Waals surface area contributed by atoms with Crippen LogP contribution in [0.4, 0.5) is 0 Å². The van der Waals surface area contributed by atoms with Gasteiger partial charge in [-0.25, -0.2) is 5.10 Å². The lowest BCUT2D eigenvalue weighted by atomic mass is 10.1. The third-order valence-corrected chi connectivity index (χ3v) is 4.17. The first kappa shape index (κ1) is 17.5. The third-order valence-electron chi connectivity index (χ3n) is 4.17. The highest BCUT2D eigenvalue weighted by atomic mass is 16.5. The summed E-state index contributed by atoms with van der Waals surface area (Å²) in [5.41, 5.74) is 0.697. The fraction of sp³-hybridized carbons (Fsp3) is 0.211. The molecule has 0 aliphatic carbocycles. The standard InChI is InChI=1S/C19H19N3O4/c1-11(12-8-9-15(25-2)16(10-12)26-3)20-19(24)17-13-6-4-5-7-14(13)18(23)22-21-17/h4-11H,1-3H3,(H,20,24)(H,22,23). The van der Waals surface area contributed by atoms with E-state index in [-0.39, 0.29) is 23.2 Å². The molecule has 1 aromatic heterocycles. The lowest BCUT2D eigenvalue weighted by Crippen LogP contribution is -2.29. The van der Waals surface area contributed by atoms with Gasteiger partial charge >= 0.3 is 0 Å². The van der Waals surface area contributed by atoms with E-state index in [9.17, 15) is 9.59 Å². The van der Waals surface area contributed by atoms with Crippen LogP contribution in [-0.2, 0) is 0 Å². The highest BCUT2D eigenvalue weighted by Gasteiger charge is 2.18. The second-order valence-corrected chi connectivity index (χ2v) is 5.76. The number of methoxy groups -OCH3 is 2. The van der Waals surface area contributed by atoms with Crippen LogP contribution in [0.3, 0.4) is 0 Å². The summed E-state index contributed by atoms with van der Waals surface area (Å²) in [6.45, 7) is 1.85. The van der Waals surface area contributed by atoms with Crippen LogP contribution in [0.1, 0.15) is 29.0 Å². The molecule has 1 amide bonds. The SMILES string of the molecule is COc1ccc(C(C)NC(=O)c2n[nH]c(=O)c3ccccc23)cc1OC. The predicted molar refractivity (Wildman–Crippen MR) is 97.8 cm³/mol. The number of carbonyl (C=O) groups is 1. The summed E-state index contributed by atoms with van der Waals surface area (Å²) in [7, 11) is 3.12. The molecule has 0 aliphatic rings. The highest BCUT2D eigenvalue weighted by Crippen LogP contribution is 2.30. The van der Waals surface area contributed by atoms with Gasteiger partial charge in [0.1, 0.15) is 0 Å². The molecular formula is C19H19N3O4. The van der Waals surface area contributed by atoms with E-state index in [2.05, 4.69) is 15.5 Å². The van der Waals surface area contributed by atoms with Crippen molar-refractivity contribution in [3.05, 3.63) is 64.1 Å². The molecule has 0 spiro atoms. The van der Waals surface area contributed by atoms with Gasteiger partial charge in [-0.3, -0.25) is 9.59 Å². The number of nitrogens with one attached hydrogen (secondary N) is 2. The normalized spacial score (nSPS) is 11.8. The van der Waals surface area contributed by atoms with E-state index in [0.29, 0.717) is 22.3 Å². The summed E-state index contributed by atoms with van der Waals surface area (Å²) in [5.74, 6) is 0.821. The van der Waals surface area contributed by atoms with E-state index in [4.69, 9.17) is 9.47 Å². The van der Waals surface area contributed by atoms with Gasteiger partial charge in [0.25, 0.3) is 11.5 Å². The minimum Gasteiger partial charge on any atom is -0.493 e. The minimum absolute atomic E-state index is 0.174. The maximum atomic E-state index is 12.7. The van der Waals surface area contributed by atoms with Crippen LogP contribution < -0.4 is 20.3 Å². The summed E-state index contributed by atoms with van der Waals surface area (Å²) in [6, 6.07) is 12.0. The van der Waals surface area contributed by atoms with E-state index in [1.807, 2.05) is 19.1 Å². The summed E-state index contributed by atoms with van der Waals surface area (Å²) in [5, 5.41) is 10.1. The van der Waals surface area contributed by atoms with Crippen LogP contribution in [0.15, 0.2) is 47.3 Å². The lowest BCUT2D eigenvalue weighted by Gasteiger charge is -2.16. The van der Waals surface area contributed by atoms with Gasteiger partial charge in [0, 0.05) is 5.39 Å². The molecule has 0 fully saturated rings. The molecule has 1 heterocycles. The highest BCUT2D eigenvalue weighted by molar-refractivity contribution is 6.04. The first-order valence-electron chi connectivity index (χ1n) is 8.05. The Kier molecular flexibility index (Phi) is 4.88. The first-order chi connectivity index (χ1) is 12.5. The molecule has 3 aromatic rings. The summed E-state index contributed by atoms with van der Waals surface area (Å²) in [6.07, 6.45) is 0. The number of fused-ring (bicyclic) bond motifs is 1. The zero-order chi connectivity index (χ0) is 18.7. The van der Waals surface area contributed by atoms with Crippen molar-refractivity contribution < 1.29 is 14.3 Å². The second-order valence-electron chi connectivity index (χ2n) is 5.76. The summed E-state index contributed by atoms with van der Waals surface area (Å²) in [4.78, 5) is 24.5. The van der Waals surface area contributed by atoms with Crippen molar-refractivity contribution in [2.75, 3.05) is 14.2 Å². The Morgan fingerprint density at radius 1 is 1.08 bits per heavy atom. The Morgan fingerprint density at radius 3 is 2.46 bits per heavy atom. The van der Waals surface area contributed by atoms with Gasteiger partial charge in [-0.05, 0) is 30.7 Å². The maximum Gasteiger partial charge on any atom is 0.272 e. The Hall–Kier alpha value is -3.35. The molecule has 0 aliphatic heterocycles. The van der Waals surface area contributed by atoms with Crippen LogP contribution in [-0.4, -0.2) is 30.3 Å². The Bertz CT molecular complexity index is 1010. The molecule has 0 bridgehead atoms. The fourth-order valence-corrected chi connectivity index (χ4v) is 2.76. The summed E-state index contributed by atoms with van der Waals surface area (Å²) >= 11 is 0. The van der Waals surface area contributed by atoms with Crippen molar-refractivity contribution >= 4 is 16.7 Å². The molecule has 26 heavy (non-hydrogen) atoms. The maximum absolute atomic E-state index is 12.7. The van der Waals surface area contributed by atoms with Crippen molar-refractivity contribution in [3.8, 4) is 11.5 Å². The van der Waals surface area contributed by atoms with Crippen LogP contribution in [0.2, 0.25) is 0 Å². The average Bonchev–Trinajstić information content (AvgIpc) is 2.67. The molecule has 3 rings (SSSR count). The third kappa shape index (κ3) is 3.23. The smallest absolute Gasteiger partial charge is 0.272 e. The van der Waals surface area contributed by atoms with Gasteiger partial charge in [0.05, 0.1) is 25.6 Å². The molecule has 7 nitrogen and oxygen atoms in total. The van der Waals surface area contributed by atoms with Crippen molar-refractivity contribution in [2.45, 2.75) is 13.0 Å². The average molecular weight is 353 g/mol. The van der Waals surface area contributed by atoms with Gasteiger partial charge in [-0.2, -0.15) is 5.10 Å². The largest absolute Gasteiger partial charge is 0.493 e. The second kappa shape index (κ2) is 7.26. The number of aromatic nitrogens is 2. The van der Waals surface area contributed by atoms with E-state index in [1.54, 1.807) is 44.6 Å². The number of amides is 1. The lowest BCUT2D eigenvalue weighted by molar-refractivity contribution is 0.0935. The molecule has 0 saturated carbocycles. The number of H-pyrrole nitrogens is 1. The van der Waals surface area contributed by atoms with Crippen molar-refractivity contribution in [2.24, 2.45) is 0 Å². The number of hydrogen-bond acceptors (Lipinski definition) is 5. The zero-order valence-electron chi connectivity index (χ0n) is 14.7. The molecule has 0 radical (unpaired) electrons. The Labute approximate surface area is 150 Å². The summed E-state index contributed by atoms with van der Waals surface area (Å²) < 4.78 is 10.5. The topological polar surface area (TPSA) is 93.3 Å². The number of benzene rings is 2. The molecule has 1 unspecified atom stereocenters. The Balaban J connectivity index is 1.89. The monoisotopic (exact) mass is 353 g/mol. The molecule has 2 N–H and O–H groups in total. The van der Waals surface area contributed by atoms with E-state index in [0.717, 1.165) is 5.56 Å². The number of aromatic amines is 1. The van der Waals surface area contributed by atoms with Crippen LogP contribution in [0.25, 0.3) is 10.8 Å². The molecule has 7 heteroatoms. The molecule has 134 valence electrons. The number of nitrogens with zero attached hydrogens (tertiary/aromatic N) is 1. The van der Waals surface area contributed by atoms with Gasteiger partial charge in [-0.1, -0.05) is 24.3 Å². The van der Waals surface area contributed by atoms with Crippen LogP contribution in [0.5, 0.6) is 11.5 Å². The number of ether oxygens (including phenoxy) is 2. The number of hydrogen-bond donors (Lipinski definition) is 2. The van der Waals surface area contributed by atoms with Gasteiger partial charge in [0.15, 0.2) is 17.2 Å². The first-order valence-corrected chi connectivity index (χ1v) is 8.05. The number of rotatable bonds is 5. The molecule has 0 saturated heterocycles. The van der Waals surface area contributed by atoms with Crippen molar-refractivity contribution in [1.29, 1.82) is 0 Å². The Morgan fingerprint density at radius 2 is 1.77 bits per heavy atom. The quantitative estimate of drug-likeness (QED) is 0.735. The van der Waals surface area contributed by atoms with E-state index < -0.39 is 0 Å². The van der Waals surface area contributed by atoms with Crippen LogP contribution >= 0.6 is 0 Å². The molecule has 1 atom stereocenters. The minimum atomic E-state index is -0.375. The fourth-order valence-electron chi connectivity index (χ4n) is 2.76. The predicted octanol–water partition coefficient (Wildman–Crippen LogP) is 2.43. The zero-order valence-corrected chi connectivity index (χ0v) is 14.7. The molecule has 2 aromatic carbocycles. The van der Waals surface area contributed by atoms with Crippen LogP contribution in [0, 0.1) is 0 Å². The van der Waals surface area contributed by atoms with E-state index in [1.165, 1.54) is 0 Å². The number of carbonyl (C=O) groups excluding carboxylic acids is 1. The van der Waals surface area contributed by atoms with Crippen molar-refractivity contribution in [3.63, 3.8) is 0 Å². The molecular weight excluding hydrogens is 334 g/mol.